The summed E-state index contributed by atoms with van der Waals surface area (Å²) in [7, 11) is 0. The van der Waals surface area contributed by atoms with Gasteiger partial charge < -0.3 is 15.8 Å². The quantitative estimate of drug-likeness (QED) is 0.728. The Morgan fingerprint density at radius 2 is 2.11 bits per heavy atom. The maximum absolute atomic E-state index is 11.8. The van der Waals surface area contributed by atoms with E-state index in [1.54, 1.807) is 0 Å². The highest BCUT2D eigenvalue weighted by Gasteiger charge is 2.29. The van der Waals surface area contributed by atoms with Crippen LogP contribution in [0.3, 0.4) is 0 Å². The van der Waals surface area contributed by atoms with Crippen LogP contribution in [0.1, 0.15) is 46.5 Å². The molecule has 1 aliphatic carbocycles. The highest BCUT2D eigenvalue weighted by molar-refractivity contribution is 5.80. The van der Waals surface area contributed by atoms with Crippen molar-refractivity contribution in [1.29, 1.82) is 0 Å². The number of amides is 1. The first-order valence-electron chi connectivity index (χ1n) is 7.17. The third-order valence-corrected chi connectivity index (χ3v) is 3.66. The molecule has 1 aliphatic rings. The van der Waals surface area contributed by atoms with Crippen molar-refractivity contribution in [3.63, 3.8) is 0 Å². The third-order valence-electron chi connectivity index (χ3n) is 3.66. The number of hydrogen-bond acceptors (Lipinski definition) is 3. The zero-order chi connectivity index (χ0) is 13.5. The molecule has 4 heteroatoms. The van der Waals surface area contributed by atoms with Gasteiger partial charge in [0.15, 0.2) is 0 Å². The van der Waals surface area contributed by atoms with E-state index in [4.69, 9.17) is 10.5 Å². The van der Waals surface area contributed by atoms with Crippen molar-refractivity contribution in [2.45, 2.75) is 58.7 Å². The van der Waals surface area contributed by atoms with E-state index in [1.807, 2.05) is 6.92 Å². The second kappa shape index (κ2) is 7.74. The van der Waals surface area contributed by atoms with E-state index in [2.05, 4.69) is 19.2 Å². The van der Waals surface area contributed by atoms with Crippen LogP contribution in [0.4, 0.5) is 0 Å². The molecule has 0 spiro atoms. The Morgan fingerprint density at radius 1 is 1.39 bits per heavy atom. The monoisotopic (exact) mass is 256 g/mol. The summed E-state index contributed by atoms with van der Waals surface area (Å²) in [5.74, 6) is 1.03. The molecule has 0 aromatic heterocycles. The first-order chi connectivity index (χ1) is 8.54. The number of carbonyl (C=O) groups excluding carboxylic acids is 1. The van der Waals surface area contributed by atoms with Gasteiger partial charge in [0, 0.05) is 6.54 Å². The van der Waals surface area contributed by atoms with E-state index in [1.165, 1.54) is 0 Å². The highest BCUT2D eigenvalue weighted by atomic mass is 16.5. The smallest absolute Gasteiger partial charge is 0.248 e. The average Bonchev–Trinajstić information content (AvgIpc) is 2.75. The minimum absolute atomic E-state index is 0.00155. The standard InChI is InChI=1S/C14H28N2O2/c1-10(2)7-8-16-14(17)11(3)18-13-6-4-5-12(13)9-15/h10-13H,4-9,15H2,1-3H3,(H,16,17). The molecular formula is C14H28N2O2. The number of ether oxygens (including phenoxy) is 1. The van der Waals surface area contributed by atoms with E-state index in [9.17, 15) is 4.79 Å². The summed E-state index contributed by atoms with van der Waals surface area (Å²) in [5.41, 5.74) is 5.71. The van der Waals surface area contributed by atoms with Crippen molar-refractivity contribution in [2.75, 3.05) is 13.1 Å². The lowest BCUT2D eigenvalue weighted by Crippen LogP contribution is -2.39. The molecule has 0 aromatic rings. The zero-order valence-electron chi connectivity index (χ0n) is 11.9. The average molecular weight is 256 g/mol. The minimum Gasteiger partial charge on any atom is -0.365 e. The normalized spacial score (nSPS) is 25.4. The Balaban J connectivity index is 2.26. The van der Waals surface area contributed by atoms with E-state index >= 15 is 0 Å². The van der Waals surface area contributed by atoms with Crippen LogP contribution in [0, 0.1) is 11.8 Å². The van der Waals surface area contributed by atoms with Gasteiger partial charge in [-0.2, -0.15) is 0 Å². The van der Waals surface area contributed by atoms with Crippen molar-refractivity contribution in [3.05, 3.63) is 0 Å². The third kappa shape index (κ3) is 4.94. The number of nitrogens with one attached hydrogen (secondary N) is 1. The fourth-order valence-corrected chi connectivity index (χ4v) is 2.40. The maximum atomic E-state index is 11.8. The molecule has 1 rings (SSSR count). The largest absolute Gasteiger partial charge is 0.365 e. The van der Waals surface area contributed by atoms with Gasteiger partial charge in [0.1, 0.15) is 6.10 Å². The molecule has 1 fully saturated rings. The number of nitrogens with two attached hydrogens (primary N) is 1. The van der Waals surface area contributed by atoms with E-state index in [-0.39, 0.29) is 18.1 Å². The van der Waals surface area contributed by atoms with E-state index < -0.39 is 0 Å². The fraction of sp³-hybridized carbons (Fsp3) is 0.929. The summed E-state index contributed by atoms with van der Waals surface area (Å²) < 4.78 is 5.84. The van der Waals surface area contributed by atoms with E-state index in [0.29, 0.717) is 18.4 Å². The van der Waals surface area contributed by atoms with Crippen molar-refractivity contribution < 1.29 is 9.53 Å². The zero-order valence-corrected chi connectivity index (χ0v) is 11.9. The van der Waals surface area contributed by atoms with Crippen molar-refractivity contribution in [1.82, 2.24) is 5.32 Å². The second-order valence-electron chi connectivity index (χ2n) is 5.72. The molecule has 4 nitrogen and oxygen atoms in total. The molecule has 0 heterocycles. The summed E-state index contributed by atoms with van der Waals surface area (Å²) >= 11 is 0. The Morgan fingerprint density at radius 3 is 2.72 bits per heavy atom. The number of carbonyl (C=O) groups is 1. The SMILES string of the molecule is CC(C)CCNC(=O)C(C)OC1CCCC1CN. The van der Waals surface area contributed by atoms with Crippen molar-refractivity contribution in [3.8, 4) is 0 Å². The lowest BCUT2D eigenvalue weighted by molar-refractivity contribution is -0.136. The van der Waals surface area contributed by atoms with Crippen molar-refractivity contribution in [2.24, 2.45) is 17.6 Å². The van der Waals surface area contributed by atoms with Crippen LogP contribution in [0.2, 0.25) is 0 Å². The molecule has 1 saturated carbocycles. The summed E-state index contributed by atoms with van der Waals surface area (Å²) in [6, 6.07) is 0. The molecule has 0 radical (unpaired) electrons. The van der Waals surface area contributed by atoms with Crippen LogP contribution in [0.25, 0.3) is 0 Å². The predicted molar refractivity (Wildman–Crippen MR) is 73.2 cm³/mol. The van der Waals surface area contributed by atoms with Crippen LogP contribution in [0.15, 0.2) is 0 Å². The molecule has 3 N–H and O–H groups in total. The molecule has 3 atom stereocenters. The van der Waals surface area contributed by atoms with Gasteiger partial charge in [-0.05, 0) is 44.6 Å². The van der Waals surface area contributed by atoms with Crippen LogP contribution < -0.4 is 11.1 Å². The van der Waals surface area contributed by atoms with Gasteiger partial charge in [-0.15, -0.1) is 0 Å². The highest BCUT2D eigenvalue weighted by Crippen LogP contribution is 2.28. The fourth-order valence-electron chi connectivity index (χ4n) is 2.40. The minimum atomic E-state index is -0.366. The summed E-state index contributed by atoms with van der Waals surface area (Å²) in [5, 5.41) is 2.93. The molecule has 18 heavy (non-hydrogen) atoms. The van der Waals surface area contributed by atoms with Crippen LogP contribution in [-0.4, -0.2) is 31.2 Å². The molecule has 106 valence electrons. The maximum Gasteiger partial charge on any atom is 0.248 e. The summed E-state index contributed by atoms with van der Waals surface area (Å²) in [6.45, 7) is 7.52. The molecule has 0 aliphatic heterocycles. The van der Waals surface area contributed by atoms with Crippen LogP contribution >= 0.6 is 0 Å². The summed E-state index contributed by atoms with van der Waals surface area (Å²) in [6.07, 6.45) is 4.13. The number of rotatable bonds is 7. The molecule has 0 bridgehead atoms. The lowest BCUT2D eigenvalue weighted by Gasteiger charge is -2.23. The van der Waals surface area contributed by atoms with Crippen molar-refractivity contribution >= 4 is 5.91 Å². The van der Waals surface area contributed by atoms with Gasteiger partial charge in [0.25, 0.3) is 0 Å². The molecule has 3 unspecified atom stereocenters. The topological polar surface area (TPSA) is 64.3 Å². The van der Waals surface area contributed by atoms with Gasteiger partial charge in [-0.3, -0.25) is 4.79 Å². The molecular weight excluding hydrogens is 228 g/mol. The first kappa shape index (κ1) is 15.4. The first-order valence-corrected chi connectivity index (χ1v) is 7.17. The van der Waals surface area contributed by atoms with Gasteiger partial charge >= 0.3 is 0 Å². The number of hydrogen-bond donors (Lipinski definition) is 2. The van der Waals surface area contributed by atoms with Gasteiger partial charge in [-0.25, -0.2) is 0 Å². The van der Waals surface area contributed by atoms with Gasteiger partial charge in [-0.1, -0.05) is 20.3 Å². The Bertz CT molecular complexity index is 256. The Hall–Kier alpha value is -0.610. The van der Waals surface area contributed by atoms with Crippen LogP contribution in [0.5, 0.6) is 0 Å². The molecule has 0 aromatic carbocycles. The second-order valence-corrected chi connectivity index (χ2v) is 5.72. The Kier molecular flexibility index (Phi) is 6.65. The van der Waals surface area contributed by atoms with Gasteiger partial charge in [0.05, 0.1) is 6.10 Å². The lowest BCUT2D eigenvalue weighted by atomic mass is 10.1. The predicted octanol–water partition coefficient (Wildman–Crippen LogP) is 1.68. The molecule has 0 saturated heterocycles. The molecule has 1 amide bonds. The Labute approximate surface area is 111 Å². The van der Waals surface area contributed by atoms with E-state index in [0.717, 1.165) is 32.2 Å². The summed E-state index contributed by atoms with van der Waals surface area (Å²) in [4.78, 5) is 11.8. The van der Waals surface area contributed by atoms with Gasteiger partial charge in [0.2, 0.25) is 5.91 Å². The van der Waals surface area contributed by atoms with Crippen LogP contribution in [-0.2, 0) is 9.53 Å².